The van der Waals surface area contributed by atoms with E-state index < -0.39 is 0 Å². The van der Waals surface area contributed by atoms with Gasteiger partial charge in [0.1, 0.15) is 5.82 Å². The number of aryl methyl sites for hydroxylation is 1. The average molecular weight is 248 g/mol. The largest absolute Gasteiger partial charge is 0.392 e. The summed E-state index contributed by atoms with van der Waals surface area (Å²) in [5.41, 5.74) is 2.05. The summed E-state index contributed by atoms with van der Waals surface area (Å²) in [4.78, 5) is 7.05. The normalized spacial score (nSPS) is 15.5. The Bertz CT molecular complexity index is 366. The van der Waals surface area contributed by atoms with Crippen LogP contribution in [0.25, 0.3) is 0 Å². The van der Waals surface area contributed by atoms with E-state index in [0.717, 1.165) is 42.5 Å². The molecule has 2 rings (SSSR count). The quantitative estimate of drug-likeness (QED) is 0.841. The molecule has 3 heteroatoms. The molecule has 0 unspecified atom stereocenters. The van der Waals surface area contributed by atoms with E-state index in [1.54, 1.807) is 0 Å². The molecule has 0 aliphatic heterocycles. The Balaban J connectivity index is 2.16. The van der Waals surface area contributed by atoms with Gasteiger partial charge in [-0.05, 0) is 49.8 Å². The molecule has 100 valence electrons. The van der Waals surface area contributed by atoms with Crippen molar-refractivity contribution < 1.29 is 5.11 Å². The summed E-state index contributed by atoms with van der Waals surface area (Å²) in [5, 5.41) is 9.33. The van der Waals surface area contributed by atoms with Gasteiger partial charge in [-0.1, -0.05) is 13.3 Å². The van der Waals surface area contributed by atoms with E-state index in [1.807, 2.05) is 12.1 Å². The molecule has 18 heavy (non-hydrogen) atoms. The minimum atomic E-state index is 0.101. The lowest BCUT2D eigenvalue weighted by Crippen LogP contribution is -2.33. The number of nitrogens with zero attached hydrogens (tertiary/aromatic N) is 2. The van der Waals surface area contributed by atoms with Crippen molar-refractivity contribution in [2.45, 2.75) is 46.1 Å². The van der Waals surface area contributed by atoms with Gasteiger partial charge in [0.15, 0.2) is 0 Å². The standard InChI is InChI=1S/C15H24N2O/c1-3-14-8-13(11-18)9-15(16-14)17(4-2)10-12-6-5-7-12/h8-9,12,18H,3-7,10-11H2,1-2H3. The first-order chi connectivity index (χ1) is 8.76. The van der Waals surface area contributed by atoms with Gasteiger partial charge in [-0.25, -0.2) is 4.98 Å². The van der Waals surface area contributed by atoms with Crippen LogP contribution < -0.4 is 4.90 Å². The van der Waals surface area contributed by atoms with Gasteiger partial charge in [0.2, 0.25) is 0 Å². The van der Waals surface area contributed by atoms with Crippen LogP contribution in [0.3, 0.4) is 0 Å². The Morgan fingerprint density at radius 1 is 1.33 bits per heavy atom. The minimum Gasteiger partial charge on any atom is -0.392 e. The summed E-state index contributed by atoms with van der Waals surface area (Å²) in [7, 11) is 0. The molecule has 0 spiro atoms. The van der Waals surface area contributed by atoms with Gasteiger partial charge in [-0.3, -0.25) is 0 Å². The summed E-state index contributed by atoms with van der Waals surface area (Å²) in [6.45, 7) is 6.49. The van der Waals surface area contributed by atoms with E-state index in [2.05, 4.69) is 18.7 Å². The first-order valence-corrected chi connectivity index (χ1v) is 7.12. The number of rotatable bonds is 6. The van der Waals surface area contributed by atoms with E-state index >= 15 is 0 Å². The van der Waals surface area contributed by atoms with Crippen LogP contribution in [0.2, 0.25) is 0 Å². The molecule has 0 atom stereocenters. The van der Waals surface area contributed by atoms with Gasteiger partial charge in [-0.2, -0.15) is 0 Å². The van der Waals surface area contributed by atoms with Crippen molar-refractivity contribution in [1.82, 2.24) is 4.98 Å². The molecule has 1 saturated carbocycles. The highest BCUT2D eigenvalue weighted by molar-refractivity contribution is 5.42. The second-order valence-electron chi connectivity index (χ2n) is 5.17. The lowest BCUT2D eigenvalue weighted by molar-refractivity contribution is 0.281. The minimum absolute atomic E-state index is 0.101. The third-order valence-electron chi connectivity index (χ3n) is 3.88. The summed E-state index contributed by atoms with van der Waals surface area (Å²) >= 11 is 0. The number of hydrogen-bond acceptors (Lipinski definition) is 3. The monoisotopic (exact) mass is 248 g/mol. The van der Waals surface area contributed by atoms with E-state index in [4.69, 9.17) is 4.98 Å². The fraction of sp³-hybridized carbons (Fsp3) is 0.667. The molecule has 1 aromatic rings. The van der Waals surface area contributed by atoms with Crippen LogP contribution >= 0.6 is 0 Å². The first-order valence-electron chi connectivity index (χ1n) is 7.12. The molecule has 1 aliphatic carbocycles. The predicted octanol–water partition coefficient (Wildman–Crippen LogP) is 2.76. The van der Waals surface area contributed by atoms with Crippen molar-refractivity contribution >= 4 is 5.82 Å². The number of aromatic nitrogens is 1. The van der Waals surface area contributed by atoms with Crippen molar-refractivity contribution in [2.75, 3.05) is 18.0 Å². The third kappa shape index (κ3) is 3.02. The second kappa shape index (κ2) is 6.19. The Hall–Kier alpha value is -1.09. The van der Waals surface area contributed by atoms with Crippen LogP contribution in [0, 0.1) is 5.92 Å². The van der Waals surface area contributed by atoms with Gasteiger partial charge in [0, 0.05) is 18.8 Å². The zero-order valence-electron chi connectivity index (χ0n) is 11.5. The number of anilines is 1. The zero-order valence-corrected chi connectivity index (χ0v) is 11.5. The summed E-state index contributed by atoms with van der Waals surface area (Å²) in [6.07, 6.45) is 5.02. The SMILES string of the molecule is CCc1cc(CO)cc(N(CC)CC2CCC2)n1. The maximum atomic E-state index is 9.33. The van der Waals surface area contributed by atoms with Gasteiger partial charge in [0.25, 0.3) is 0 Å². The Morgan fingerprint density at radius 3 is 2.61 bits per heavy atom. The van der Waals surface area contributed by atoms with Crippen LogP contribution in [0.15, 0.2) is 12.1 Å². The van der Waals surface area contributed by atoms with E-state index in [9.17, 15) is 5.11 Å². The van der Waals surface area contributed by atoms with Crippen molar-refractivity contribution in [3.05, 3.63) is 23.4 Å². The zero-order chi connectivity index (χ0) is 13.0. The molecular weight excluding hydrogens is 224 g/mol. The summed E-state index contributed by atoms with van der Waals surface area (Å²) in [5.74, 6) is 1.88. The van der Waals surface area contributed by atoms with Crippen molar-refractivity contribution in [3.8, 4) is 0 Å². The van der Waals surface area contributed by atoms with Gasteiger partial charge in [0.05, 0.1) is 6.61 Å². The number of pyridine rings is 1. The highest BCUT2D eigenvalue weighted by Gasteiger charge is 2.21. The molecule has 0 radical (unpaired) electrons. The summed E-state index contributed by atoms with van der Waals surface area (Å²) in [6, 6.07) is 4.03. The van der Waals surface area contributed by atoms with Crippen LogP contribution in [0.4, 0.5) is 5.82 Å². The van der Waals surface area contributed by atoms with Crippen LogP contribution in [0.1, 0.15) is 44.4 Å². The topological polar surface area (TPSA) is 36.4 Å². The van der Waals surface area contributed by atoms with E-state index in [0.29, 0.717) is 0 Å². The van der Waals surface area contributed by atoms with Crippen molar-refractivity contribution in [3.63, 3.8) is 0 Å². The summed E-state index contributed by atoms with van der Waals surface area (Å²) < 4.78 is 0. The average Bonchev–Trinajstić information content (AvgIpc) is 2.37. The Kier molecular flexibility index (Phi) is 4.59. The van der Waals surface area contributed by atoms with Gasteiger partial charge < -0.3 is 10.0 Å². The highest BCUT2D eigenvalue weighted by Crippen LogP contribution is 2.28. The molecule has 1 heterocycles. The number of aliphatic hydroxyl groups excluding tert-OH is 1. The molecule has 1 N–H and O–H groups in total. The third-order valence-corrected chi connectivity index (χ3v) is 3.88. The lowest BCUT2D eigenvalue weighted by Gasteiger charge is -2.32. The smallest absolute Gasteiger partial charge is 0.129 e. The molecule has 0 bridgehead atoms. The number of aliphatic hydroxyl groups is 1. The molecule has 0 saturated heterocycles. The molecule has 0 aromatic carbocycles. The lowest BCUT2D eigenvalue weighted by atomic mass is 9.85. The maximum absolute atomic E-state index is 9.33. The molecular formula is C15H24N2O. The van der Waals surface area contributed by atoms with Gasteiger partial charge in [-0.15, -0.1) is 0 Å². The van der Waals surface area contributed by atoms with Crippen LogP contribution in [-0.2, 0) is 13.0 Å². The van der Waals surface area contributed by atoms with Crippen molar-refractivity contribution in [1.29, 1.82) is 0 Å². The maximum Gasteiger partial charge on any atom is 0.129 e. The van der Waals surface area contributed by atoms with Crippen LogP contribution in [0.5, 0.6) is 0 Å². The molecule has 1 fully saturated rings. The first kappa shape index (κ1) is 13.3. The Morgan fingerprint density at radius 2 is 2.11 bits per heavy atom. The molecule has 1 aliphatic rings. The molecule has 3 nitrogen and oxygen atoms in total. The van der Waals surface area contributed by atoms with Crippen LogP contribution in [-0.4, -0.2) is 23.2 Å². The number of hydrogen-bond donors (Lipinski definition) is 1. The fourth-order valence-corrected chi connectivity index (χ4v) is 2.44. The highest BCUT2D eigenvalue weighted by atomic mass is 16.3. The predicted molar refractivity (Wildman–Crippen MR) is 74.8 cm³/mol. The molecule has 1 aromatic heterocycles. The van der Waals surface area contributed by atoms with Gasteiger partial charge >= 0.3 is 0 Å². The Labute approximate surface area is 110 Å². The fourth-order valence-electron chi connectivity index (χ4n) is 2.44. The van der Waals surface area contributed by atoms with E-state index in [-0.39, 0.29) is 6.61 Å². The second-order valence-corrected chi connectivity index (χ2v) is 5.17. The van der Waals surface area contributed by atoms with Crippen molar-refractivity contribution in [2.24, 2.45) is 5.92 Å². The van der Waals surface area contributed by atoms with E-state index in [1.165, 1.54) is 19.3 Å². The molecule has 0 amide bonds.